The molecule has 0 atom stereocenters. The number of carbonyl (C=O) groups is 2. The lowest BCUT2D eigenvalue weighted by molar-refractivity contribution is -0.121. The van der Waals surface area contributed by atoms with Crippen molar-refractivity contribution >= 4 is 39.1 Å². The molecule has 1 aliphatic heterocycles. The average Bonchev–Trinajstić information content (AvgIpc) is 2.44. The minimum Gasteiger partial charge on any atom is -0.482 e. The molecule has 10 heteroatoms. The van der Waals surface area contributed by atoms with Gasteiger partial charge in [-0.15, -0.1) is 0 Å². The average molecular weight is 376 g/mol. The summed E-state index contributed by atoms with van der Waals surface area (Å²) in [7, 11) is -2.71. The van der Waals surface area contributed by atoms with Crippen LogP contribution in [0.25, 0.3) is 0 Å². The zero-order valence-electron chi connectivity index (χ0n) is 13.4. The molecule has 1 aromatic rings. The van der Waals surface area contributed by atoms with Crippen molar-refractivity contribution in [3.8, 4) is 5.75 Å². The summed E-state index contributed by atoms with van der Waals surface area (Å²) in [6.07, 6.45) is 0. The van der Waals surface area contributed by atoms with Gasteiger partial charge in [0.25, 0.3) is 5.91 Å². The van der Waals surface area contributed by atoms with Crippen LogP contribution >= 0.6 is 11.6 Å². The molecule has 0 saturated carbocycles. The summed E-state index contributed by atoms with van der Waals surface area (Å²) in [5, 5.41) is 5.08. The lowest BCUT2D eigenvalue weighted by Gasteiger charge is -2.22. The molecule has 8 nitrogen and oxygen atoms in total. The number of sulfonamides is 1. The fourth-order valence-corrected chi connectivity index (χ4v) is 3.74. The minimum absolute atomic E-state index is 0.0735. The number of amides is 2. The van der Waals surface area contributed by atoms with Crippen LogP contribution in [0.1, 0.15) is 13.8 Å². The molecule has 132 valence electrons. The molecular formula is C14H18ClN3O5S. The van der Waals surface area contributed by atoms with Gasteiger partial charge in [0.05, 0.1) is 17.3 Å². The van der Waals surface area contributed by atoms with Crippen molar-refractivity contribution in [2.45, 2.75) is 24.8 Å². The maximum atomic E-state index is 12.6. The number of hydrogen-bond acceptors (Lipinski definition) is 5. The van der Waals surface area contributed by atoms with Crippen LogP contribution < -0.4 is 15.4 Å². The van der Waals surface area contributed by atoms with Crippen LogP contribution in [0, 0.1) is 0 Å². The van der Waals surface area contributed by atoms with E-state index in [2.05, 4.69) is 10.6 Å². The van der Waals surface area contributed by atoms with Crippen molar-refractivity contribution in [1.29, 1.82) is 0 Å². The monoisotopic (exact) mass is 375 g/mol. The molecule has 1 aliphatic rings. The van der Waals surface area contributed by atoms with Crippen LogP contribution in [-0.4, -0.2) is 50.8 Å². The summed E-state index contributed by atoms with van der Waals surface area (Å²) in [4.78, 5) is 22.9. The first-order valence-electron chi connectivity index (χ1n) is 7.13. The second-order valence-corrected chi connectivity index (χ2v) is 8.02. The molecule has 1 aromatic carbocycles. The number of anilines is 1. The van der Waals surface area contributed by atoms with Gasteiger partial charge in [-0.2, -0.15) is 4.31 Å². The molecular weight excluding hydrogens is 358 g/mol. The molecule has 24 heavy (non-hydrogen) atoms. The minimum atomic E-state index is -4.00. The van der Waals surface area contributed by atoms with E-state index in [4.69, 9.17) is 16.3 Å². The lowest BCUT2D eigenvalue weighted by atomic mass is 10.2. The van der Waals surface area contributed by atoms with E-state index in [9.17, 15) is 18.0 Å². The first kappa shape index (κ1) is 18.5. The molecule has 2 rings (SSSR count). The highest BCUT2D eigenvalue weighted by atomic mass is 35.5. The Morgan fingerprint density at radius 1 is 1.46 bits per heavy atom. The molecule has 2 amide bonds. The van der Waals surface area contributed by atoms with Gasteiger partial charge in [-0.05, 0) is 19.9 Å². The second-order valence-electron chi connectivity index (χ2n) is 5.60. The fraction of sp³-hybridized carbons (Fsp3) is 0.429. The van der Waals surface area contributed by atoms with Gasteiger partial charge in [0.2, 0.25) is 15.9 Å². The van der Waals surface area contributed by atoms with Gasteiger partial charge in [-0.1, -0.05) is 11.6 Å². The molecule has 0 fully saturated rings. The summed E-state index contributed by atoms with van der Waals surface area (Å²) in [5.74, 6) is -0.567. The maximum Gasteiger partial charge on any atom is 0.262 e. The van der Waals surface area contributed by atoms with E-state index in [0.717, 1.165) is 4.31 Å². The predicted octanol–water partition coefficient (Wildman–Crippen LogP) is 0.816. The Morgan fingerprint density at radius 3 is 2.75 bits per heavy atom. The number of halogens is 1. The highest BCUT2D eigenvalue weighted by Gasteiger charge is 2.28. The Bertz CT molecular complexity index is 779. The van der Waals surface area contributed by atoms with Crippen molar-refractivity contribution in [1.82, 2.24) is 9.62 Å². The normalized spacial score (nSPS) is 14.2. The topological polar surface area (TPSA) is 105 Å². The fourth-order valence-electron chi connectivity index (χ4n) is 2.10. The summed E-state index contributed by atoms with van der Waals surface area (Å²) in [6, 6.07) is 2.45. The Hall–Kier alpha value is -1.84. The number of likely N-dealkylation sites (N-methyl/N-ethyl adjacent to an activating group) is 1. The van der Waals surface area contributed by atoms with Crippen LogP contribution in [0.4, 0.5) is 5.69 Å². The molecule has 0 unspecified atom stereocenters. The van der Waals surface area contributed by atoms with Crippen LogP contribution in [-0.2, 0) is 19.6 Å². The predicted molar refractivity (Wildman–Crippen MR) is 88.7 cm³/mol. The van der Waals surface area contributed by atoms with E-state index in [0.29, 0.717) is 5.69 Å². The number of ether oxygens (including phenoxy) is 1. The summed E-state index contributed by atoms with van der Waals surface area (Å²) in [6.45, 7) is 3.00. The Kier molecular flexibility index (Phi) is 5.36. The van der Waals surface area contributed by atoms with Crippen molar-refractivity contribution in [3.05, 3.63) is 17.2 Å². The molecule has 0 radical (unpaired) electrons. The van der Waals surface area contributed by atoms with Gasteiger partial charge in [0.1, 0.15) is 10.6 Å². The highest BCUT2D eigenvalue weighted by molar-refractivity contribution is 7.89. The van der Waals surface area contributed by atoms with Crippen molar-refractivity contribution < 1.29 is 22.7 Å². The molecule has 0 aliphatic carbocycles. The Balaban J connectivity index is 2.29. The van der Waals surface area contributed by atoms with E-state index in [-0.39, 0.29) is 40.8 Å². The van der Waals surface area contributed by atoms with E-state index >= 15 is 0 Å². The SMILES string of the molecule is CC(C)NC(=O)CN(C)S(=O)(=O)c1cc2c(cc1Cl)NC(=O)CO2. The number of rotatable bonds is 5. The van der Waals surface area contributed by atoms with Gasteiger partial charge in [-0.25, -0.2) is 8.42 Å². The third-order valence-electron chi connectivity index (χ3n) is 3.17. The standard InChI is InChI=1S/C14H18ClN3O5S/c1-8(2)16-13(19)6-18(3)24(21,22)12-5-11-10(4-9(12)15)17-14(20)7-23-11/h4-5,8H,6-7H2,1-3H3,(H,16,19)(H,17,20). The van der Waals surface area contributed by atoms with Crippen LogP contribution in [0.3, 0.4) is 0 Å². The third-order valence-corrected chi connectivity index (χ3v) is 5.44. The van der Waals surface area contributed by atoms with E-state index in [1.807, 2.05) is 0 Å². The van der Waals surface area contributed by atoms with Gasteiger partial charge in [0, 0.05) is 19.2 Å². The van der Waals surface area contributed by atoms with Crippen LogP contribution in [0.15, 0.2) is 17.0 Å². The van der Waals surface area contributed by atoms with Gasteiger partial charge >= 0.3 is 0 Å². The maximum absolute atomic E-state index is 12.6. The summed E-state index contributed by atoms with van der Waals surface area (Å²) in [5.41, 5.74) is 0.301. The molecule has 1 heterocycles. The number of fused-ring (bicyclic) bond motifs is 1. The summed E-state index contributed by atoms with van der Waals surface area (Å²) < 4.78 is 31.4. The van der Waals surface area contributed by atoms with Crippen molar-refractivity contribution in [3.63, 3.8) is 0 Å². The van der Waals surface area contributed by atoms with E-state index < -0.39 is 15.9 Å². The van der Waals surface area contributed by atoms with Crippen LogP contribution in [0.5, 0.6) is 5.75 Å². The molecule has 0 bridgehead atoms. The third kappa shape index (κ3) is 3.97. The molecule has 0 spiro atoms. The van der Waals surface area contributed by atoms with Crippen LogP contribution in [0.2, 0.25) is 5.02 Å². The van der Waals surface area contributed by atoms with Crippen molar-refractivity contribution in [2.75, 3.05) is 25.5 Å². The zero-order valence-corrected chi connectivity index (χ0v) is 15.0. The molecule has 2 N–H and O–H groups in total. The number of nitrogens with zero attached hydrogens (tertiary/aromatic N) is 1. The van der Waals surface area contributed by atoms with Gasteiger partial charge in [-0.3, -0.25) is 9.59 Å². The summed E-state index contributed by atoms with van der Waals surface area (Å²) >= 11 is 6.05. The lowest BCUT2D eigenvalue weighted by Crippen LogP contribution is -2.40. The van der Waals surface area contributed by atoms with Crippen molar-refractivity contribution in [2.24, 2.45) is 0 Å². The molecule has 0 saturated heterocycles. The highest BCUT2D eigenvalue weighted by Crippen LogP contribution is 2.36. The Morgan fingerprint density at radius 2 is 2.12 bits per heavy atom. The van der Waals surface area contributed by atoms with Gasteiger partial charge < -0.3 is 15.4 Å². The number of carbonyl (C=O) groups excluding carboxylic acids is 2. The number of benzene rings is 1. The van der Waals surface area contributed by atoms with Gasteiger partial charge in [0.15, 0.2) is 6.61 Å². The van der Waals surface area contributed by atoms with E-state index in [1.54, 1.807) is 13.8 Å². The smallest absolute Gasteiger partial charge is 0.262 e. The largest absolute Gasteiger partial charge is 0.482 e. The second kappa shape index (κ2) is 6.96. The Labute approximate surface area is 145 Å². The van der Waals surface area contributed by atoms with E-state index in [1.165, 1.54) is 19.2 Å². The first-order chi connectivity index (χ1) is 11.1. The zero-order chi connectivity index (χ0) is 18.1. The molecule has 0 aromatic heterocycles. The number of hydrogen-bond donors (Lipinski definition) is 2. The quantitative estimate of drug-likeness (QED) is 0.792. The number of nitrogens with one attached hydrogen (secondary N) is 2. The first-order valence-corrected chi connectivity index (χ1v) is 8.95.